The van der Waals surface area contributed by atoms with Gasteiger partial charge in [-0.2, -0.15) is 0 Å². The van der Waals surface area contributed by atoms with Gasteiger partial charge in [-0.15, -0.1) is 0 Å². The molecule has 1 saturated carbocycles. The minimum absolute atomic E-state index is 0.0531. The van der Waals surface area contributed by atoms with Crippen LogP contribution in [0.15, 0.2) is 18.3 Å². The normalized spacial score (nSPS) is 26.1. The number of amides is 2. The first-order valence-electron chi connectivity index (χ1n) is 14.6. The van der Waals surface area contributed by atoms with Crippen LogP contribution in [0.2, 0.25) is 0 Å². The van der Waals surface area contributed by atoms with Gasteiger partial charge >= 0.3 is 6.09 Å². The van der Waals surface area contributed by atoms with E-state index in [-0.39, 0.29) is 23.6 Å². The minimum atomic E-state index is -0.305. The Balaban J connectivity index is 1.17. The van der Waals surface area contributed by atoms with E-state index in [0.29, 0.717) is 12.0 Å². The molecule has 36 heavy (non-hydrogen) atoms. The quantitative estimate of drug-likeness (QED) is 0.528. The highest BCUT2D eigenvalue weighted by Gasteiger charge is 2.55. The summed E-state index contributed by atoms with van der Waals surface area (Å²) in [5.41, 5.74) is 0.466. The largest absolute Gasteiger partial charge is 0.440 e. The molecule has 1 aromatic heterocycles. The average Bonchev–Trinajstić information content (AvgIpc) is 3.44. The fourth-order valence-corrected chi connectivity index (χ4v) is 7.36. The summed E-state index contributed by atoms with van der Waals surface area (Å²) < 4.78 is 8.21. The Labute approximate surface area is 217 Å². The van der Waals surface area contributed by atoms with Crippen LogP contribution in [0, 0.1) is 5.92 Å². The van der Waals surface area contributed by atoms with Gasteiger partial charge in [-0.3, -0.25) is 9.69 Å². The van der Waals surface area contributed by atoms with Crippen LogP contribution in [-0.2, 0) is 11.8 Å². The molecule has 3 saturated heterocycles. The summed E-state index contributed by atoms with van der Waals surface area (Å²) in [5, 5.41) is 0. The number of likely N-dealkylation sites (tertiary alicyclic amines) is 2. The van der Waals surface area contributed by atoms with Crippen LogP contribution in [0.3, 0.4) is 0 Å². The molecular formula is C29H46N4O3. The fraction of sp³-hybridized carbons (Fsp3) is 0.793. The van der Waals surface area contributed by atoms with Crippen LogP contribution in [0.1, 0.15) is 94.5 Å². The summed E-state index contributed by atoms with van der Waals surface area (Å²) in [6.07, 6.45) is 15.7. The molecule has 5 rings (SSSR count). The second kappa shape index (κ2) is 11.2. The number of unbranched alkanes of at least 4 members (excludes halogenated alkanes) is 1. The van der Waals surface area contributed by atoms with Crippen molar-refractivity contribution in [1.82, 2.24) is 19.3 Å². The Hall–Kier alpha value is -2.02. The number of carbonyl (C=O) groups is 2. The van der Waals surface area contributed by atoms with Crippen molar-refractivity contribution in [3.63, 3.8) is 0 Å². The van der Waals surface area contributed by atoms with Crippen molar-refractivity contribution in [1.29, 1.82) is 0 Å². The van der Waals surface area contributed by atoms with Gasteiger partial charge in [-0.1, -0.05) is 39.0 Å². The van der Waals surface area contributed by atoms with Crippen LogP contribution in [-0.4, -0.2) is 81.7 Å². The highest BCUT2D eigenvalue weighted by molar-refractivity contribution is 5.92. The number of hydrogen-bond acceptors (Lipinski definition) is 4. The maximum absolute atomic E-state index is 13.2. The number of aromatic nitrogens is 1. The third kappa shape index (κ3) is 5.18. The van der Waals surface area contributed by atoms with E-state index in [0.717, 1.165) is 83.4 Å². The van der Waals surface area contributed by atoms with Crippen LogP contribution in [0.4, 0.5) is 4.79 Å². The van der Waals surface area contributed by atoms with E-state index in [1.54, 1.807) is 0 Å². The smallest absolute Gasteiger partial charge is 0.410 e. The number of rotatable bonds is 7. The molecule has 0 radical (unpaired) electrons. The third-order valence-corrected chi connectivity index (χ3v) is 9.59. The first-order chi connectivity index (χ1) is 17.5. The Morgan fingerprint density at radius 1 is 1.06 bits per heavy atom. The molecule has 1 aliphatic carbocycles. The highest BCUT2D eigenvalue weighted by atomic mass is 16.6. The molecule has 1 spiro atoms. The Morgan fingerprint density at radius 3 is 2.42 bits per heavy atom. The number of nitrogens with zero attached hydrogens (tertiary/aromatic N) is 4. The van der Waals surface area contributed by atoms with Crippen molar-refractivity contribution in [2.45, 2.75) is 102 Å². The van der Waals surface area contributed by atoms with Crippen molar-refractivity contribution in [3.8, 4) is 0 Å². The van der Waals surface area contributed by atoms with E-state index < -0.39 is 0 Å². The molecule has 0 bridgehead atoms. The topological polar surface area (TPSA) is 58.0 Å². The molecule has 1 unspecified atom stereocenters. The molecule has 4 fully saturated rings. The molecule has 1 aromatic rings. The molecule has 2 amide bonds. The first-order valence-corrected chi connectivity index (χ1v) is 14.6. The predicted octanol–water partition coefficient (Wildman–Crippen LogP) is 5.06. The van der Waals surface area contributed by atoms with Gasteiger partial charge < -0.3 is 19.1 Å². The second-order valence-corrected chi connectivity index (χ2v) is 11.8. The van der Waals surface area contributed by atoms with E-state index in [1.807, 2.05) is 34.8 Å². The zero-order valence-corrected chi connectivity index (χ0v) is 22.5. The molecule has 3 aliphatic heterocycles. The lowest BCUT2D eigenvalue weighted by Crippen LogP contribution is -2.56. The molecule has 7 heteroatoms. The molecule has 200 valence electrons. The number of carbonyl (C=O) groups excluding carboxylic acids is 2. The van der Waals surface area contributed by atoms with Crippen LogP contribution in [0.25, 0.3) is 0 Å². The molecule has 1 atom stereocenters. The zero-order chi connectivity index (χ0) is 25.1. The number of hydrogen-bond donors (Lipinski definition) is 0. The maximum atomic E-state index is 13.2. The average molecular weight is 499 g/mol. The van der Waals surface area contributed by atoms with Gasteiger partial charge in [0.05, 0.1) is 6.04 Å². The molecule has 4 aliphatic rings. The predicted molar refractivity (Wildman–Crippen MR) is 141 cm³/mol. The Kier molecular flexibility index (Phi) is 7.94. The van der Waals surface area contributed by atoms with E-state index >= 15 is 0 Å². The lowest BCUT2D eigenvalue weighted by atomic mass is 9.80. The lowest BCUT2D eigenvalue weighted by molar-refractivity contribution is -0.0386. The number of aryl methyl sites for hydroxylation is 1. The zero-order valence-electron chi connectivity index (χ0n) is 22.5. The number of piperidine rings is 2. The monoisotopic (exact) mass is 498 g/mol. The summed E-state index contributed by atoms with van der Waals surface area (Å²) in [6, 6.07) is 4.60. The molecule has 4 heterocycles. The van der Waals surface area contributed by atoms with Gasteiger partial charge in [0.2, 0.25) is 0 Å². The highest BCUT2D eigenvalue weighted by Crippen LogP contribution is 2.42. The van der Waals surface area contributed by atoms with E-state index in [4.69, 9.17) is 4.74 Å². The maximum Gasteiger partial charge on any atom is 0.410 e. The van der Waals surface area contributed by atoms with Crippen molar-refractivity contribution < 1.29 is 14.3 Å². The molecular weight excluding hydrogens is 452 g/mol. The SMILES string of the molecule is CCCCC1N(CC2CCCCC2)C(=O)OC12CCN(C1CCN(C(=O)c3cccn3C)CC1)CC2. The second-order valence-electron chi connectivity index (χ2n) is 11.8. The Morgan fingerprint density at radius 2 is 1.78 bits per heavy atom. The van der Waals surface area contributed by atoms with Crippen LogP contribution >= 0.6 is 0 Å². The van der Waals surface area contributed by atoms with Gasteiger partial charge in [0, 0.05) is 64.9 Å². The van der Waals surface area contributed by atoms with Crippen molar-refractivity contribution in [3.05, 3.63) is 24.0 Å². The number of ether oxygens (including phenoxy) is 1. The summed E-state index contributed by atoms with van der Waals surface area (Å²) in [4.78, 5) is 32.8. The Bertz CT molecular complexity index is 892. The standard InChI is InChI=1S/C29H46N4O3/c1-3-4-12-26-29(36-28(35)33(26)22-23-9-6-5-7-10-23)15-20-31(21-16-29)24-13-18-32(19-14-24)27(34)25-11-8-17-30(25)2/h8,11,17,23-24,26H,3-7,9-10,12-16,18-22H2,1-2H3. The summed E-state index contributed by atoms with van der Waals surface area (Å²) in [6.45, 7) is 6.76. The van der Waals surface area contributed by atoms with Gasteiger partial charge in [0.15, 0.2) is 0 Å². The van der Waals surface area contributed by atoms with Crippen LogP contribution in [0.5, 0.6) is 0 Å². The van der Waals surface area contributed by atoms with Crippen molar-refractivity contribution in [2.75, 3.05) is 32.7 Å². The van der Waals surface area contributed by atoms with Gasteiger partial charge in [0.1, 0.15) is 11.3 Å². The first kappa shape index (κ1) is 25.6. The molecule has 0 N–H and O–H groups in total. The van der Waals surface area contributed by atoms with E-state index in [1.165, 1.54) is 32.1 Å². The van der Waals surface area contributed by atoms with Gasteiger partial charge in [0.25, 0.3) is 5.91 Å². The summed E-state index contributed by atoms with van der Waals surface area (Å²) >= 11 is 0. The lowest BCUT2D eigenvalue weighted by Gasteiger charge is -2.46. The van der Waals surface area contributed by atoms with Gasteiger partial charge in [-0.25, -0.2) is 4.79 Å². The third-order valence-electron chi connectivity index (χ3n) is 9.59. The minimum Gasteiger partial charge on any atom is -0.440 e. The summed E-state index contributed by atoms with van der Waals surface area (Å²) in [7, 11) is 1.93. The van der Waals surface area contributed by atoms with Crippen molar-refractivity contribution in [2.24, 2.45) is 13.0 Å². The molecule has 7 nitrogen and oxygen atoms in total. The molecule has 0 aromatic carbocycles. The van der Waals surface area contributed by atoms with E-state index in [9.17, 15) is 9.59 Å². The van der Waals surface area contributed by atoms with Gasteiger partial charge in [-0.05, 0) is 50.2 Å². The van der Waals surface area contributed by atoms with Crippen molar-refractivity contribution >= 4 is 12.0 Å². The summed E-state index contributed by atoms with van der Waals surface area (Å²) in [5.74, 6) is 0.794. The van der Waals surface area contributed by atoms with E-state index in [2.05, 4.69) is 16.7 Å². The van der Waals surface area contributed by atoms with Crippen LogP contribution < -0.4 is 0 Å². The fourth-order valence-electron chi connectivity index (χ4n) is 7.36.